The number of rotatable bonds is 3. The summed E-state index contributed by atoms with van der Waals surface area (Å²) in [5.74, 6) is 0.482. The maximum absolute atomic E-state index is 6.03. The molecule has 0 saturated carbocycles. The molecule has 2 aromatic heterocycles. The molecule has 0 unspecified atom stereocenters. The number of hydrogen-bond donors (Lipinski definition) is 2. The molecule has 4 aromatic rings. The van der Waals surface area contributed by atoms with Crippen LogP contribution in [0.4, 0.5) is 11.6 Å². The first-order valence-corrected chi connectivity index (χ1v) is 7.93. The highest BCUT2D eigenvalue weighted by molar-refractivity contribution is 6.42. The second kappa shape index (κ2) is 6.11. The smallest absolute Gasteiger partial charge is 0.227 e. The number of fused-ring (bicyclic) bond motifs is 1. The highest BCUT2D eigenvalue weighted by atomic mass is 35.5. The minimum absolute atomic E-state index is 0.475. The van der Waals surface area contributed by atoms with Crippen molar-refractivity contribution in [3.63, 3.8) is 0 Å². The molecule has 0 atom stereocenters. The molecule has 0 spiro atoms. The third-order valence-corrected chi connectivity index (χ3v) is 4.29. The molecule has 0 aliphatic heterocycles. The third-order valence-electron chi connectivity index (χ3n) is 3.55. The molecule has 0 aliphatic rings. The van der Waals surface area contributed by atoms with E-state index >= 15 is 0 Å². The summed E-state index contributed by atoms with van der Waals surface area (Å²) < 4.78 is 0. The van der Waals surface area contributed by atoms with Crippen LogP contribution < -0.4 is 5.32 Å². The molecule has 0 bridgehead atoms. The highest BCUT2D eigenvalue weighted by Crippen LogP contribution is 2.27. The van der Waals surface area contributed by atoms with Crippen molar-refractivity contribution in [3.8, 4) is 11.3 Å². The molecule has 2 heterocycles. The number of anilines is 2. The lowest BCUT2D eigenvalue weighted by Crippen LogP contribution is -1.97. The lowest BCUT2D eigenvalue weighted by atomic mass is 10.1. The number of nitrogens with zero attached hydrogens (tertiary/aromatic N) is 3. The fourth-order valence-corrected chi connectivity index (χ4v) is 2.68. The Labute approximate surface area is 147 Å². The minimum atomic E-state index is 0.475. The summed E-state index contributed by atoms with van der Waals surface area (Å²) in [6.07, 6.45) is 3.38. The standard InChI is InChI=1S/C17H11Cl2N5/c18-12-3-2-11(8-13(12)19)23-17-20-6-5-14(24-17)10-1-4-15-16(7-10)22-9-21-15/h1-9H,(H,21,22)(H,20,23,24). The molecule has 5 nitrogen and oxygen atoms in total. The van der Waals surface area contributed by atoms with Gasteiger partial charge in [-0.05, 0) is 36.4 Å². The first-order chi connectivity index (χ1) is 11.7. The van der Waals surface area contributed by atoms with Gasteiger partial charge >= 0.3 is 0 Å². The summed E-state index contributed by atoms with van der Waals surface area (Å²) >= 11 is 12.0. The molecule has 0 fully saturated rings. The largest absolute Gasteiger partial charge is 0.345 e. The second-order valence-electron chi connectivity index (χ2n) is 5.15. The molecule has 118 valence electrons. The molecule has 0 aliphatic carbocycles. The quantitative estimate of drug-likeness (QED) is 0.538. The lowest BCUT2D eigenvalue weighted by Gasteiger charge is -2.07. The van der Waals surface area contributed by atoms with E-state index in [0.717, 1.165) is 28.0 Å². The van der Waals surface area contributed by atoms with Gasteiger partial charge < -0.3 is 10.3 Å². The zero-order valence-electron chi connectivity index (χ0n) is 12.3. The Hall–Kier alpha value is -2.63. The lowest BCUT2D eigenvalue weighted by molar-refractivity contribution is 1.17. The van der Waals surface area contributed by atoms with Crippen LogP contribution in [0.2, 0.25) is 10.0 Å². The minimum Gasteiger partial charge on any atom is -0.345 e. The zero-order chi connectivity index (χ0) is 16.5. The topological polar surface area (TPSA) is 66.5 Å². The van der Waals surface area contributed by atoms with Crippen molar-refractivity contribution >= 4 is 45.9 Å². The molecule has 0 radical (unpaired) electrons. The van der Waals surface area contributed by atoms with Gasteiger partial charge in [-0.3, -0.25) is 0 Å². The van der Waals surface area contributed by atoms with Crippen molar-refractivity contribution in [2.75, 3.05) is 5.32 Å². The predicted molar refractivity (Wildman–Crippen MR) is 96.9 cm³/mol. The summed E-state index contributed by atoms with van der Waals surface area (Å²) in [7, 11) is 0. The van der Waals surface area contributed by atoms with Crippen LogP contribution in [0.1, 0.15) is 0 Å². The fraction of sp³-hybridized carbons (Fsp3) is 0. The molecule has 2 N–H and O–H groups in total. The van der Waals surface area contributed by atoms with Crippen LogP contribution in [-0.2, 0) is 0 Å². The average Bonchev–Trinajstić information content (AvgIpc) is 3.06. The van der Waals surface area contributed by atoms with Gasteiger partial charge in [-0.25, -0.2) is 15.0 Å². The molecular formula is C17H11Cl2N5. The van der Waals surface area contributed by atoms with Crippen molar-refractivity contribution in [2.45, 2.75) is 0 Å². The van der Waals surface area contributed by atoms with Crippen molar-refractivity contribution in [3.05, 3.63) is 65.0 Å². The van der Waals surface area contributed by atoms with Crippen LogP contribution in [0.5, 0.6) is 0 Å². The third kappa shape index (κ3) is 2.91. The summed E-state index contributed by atoms with van der Waals surface area (Å²) in [4.78, 5) is 16.1. The summed E-state index contributed by atoms with van der Waals surface area (Å²) in [6.45, 7) is 0. The Balaban J connectivity index is 1.66. The predicted octanol–water partition coefficient (Wildman–Crippen LogP) is 5.07. The average molecular weight is 356 g/mol. The number of benzene rings is 2. The maximum atomic E-state index is 6.03. The van der Waals surface area contributed by atoms with Crippen molar-refractivity contribution in [1.29, 1.82) is 0 Å². The molecule has 24 heavy (non-hydrogen) atoms. The fourth-order valence-electron chi connectivity index (χ4n) is 2.38. The Kier molecular flexibility index (Phi) is 3.80. The Morgan fingerprint density at radius 3 is 2.71 bits per heavy atom. The van der Waals surface area contributed by atoms with E-state index in [1.165, 1.54) is 0 Å². The Bertz CT molecular complexity index is 1030. The van der Waals surface area contributed by atoms with Gasteiger partial charge in [0.25, 0.3) is 0 Å². The van der Waals surface area contributed by atoms with Crippen LogP contribution in [0.15, 0.2) is 55.0 Å². The molecule has 2 aromatic carbocycles. The second-order valence-corrected chi connectivity index (χ2v) is 5.97. The van der Waals surface area contributed by atoms with Gasteiger partial charge in [0.1, 0.15) is 0 Å². The van der Waals surface area contributed by atoms with E-state index in [0.29, 0.717) is 16.0 Å². The number of hydrogen-bond acceptors (Lipinski definition) is 4. The van der Waals surface area contributed by atoms with E-state index in [2.05, 4.69) is 25.3 Å². The zero-order valence-corrected chi connectivity index (χ0v) is 13.8. The van der Waals surface area contributed by atoms with Gasteiger partial charge in [0.15, 0.2) is 0 Å². The Morgan fingerprint density at radius 1 is 0.917 bits per heavy atom. The first kappa shape index (κ1) is 14.9. The van der Waals surface area contributed by atoms with Gasteiger partial charge in [-0.15, -0.1) is 0 Å². The van der Waals surface area contributed by atoms with Crippen LogP contribution in [-0.4, -0.2) is 19.9 Å². The number of imidazole rings is 1. The van der Waals surface area contributed by atoms with Crippen LogP contribution in [0, 0.1) is 0 Å². The normalized spacial score (nSPS) is 10.9. The number of aromatic nitrogens is 4. The van der Waals surface area contributed by atoms with Gasteiger partial charge in [-0.1, -0.05) is 29.3 Å². The van der Waals surface area contributed by atoms with Crippen LogP contribution >= 0.6 is 23.2 Å². The molecule has 7 heteroatoms. The molecule has 0 saturated heterocycles. The van der Waals surface area contributed by atoms with E-state index in [9.17, 15) is 0 Å². The van der Waals surface area contributed by atoms with E-state index < -0.39 is 0 Å². The van der Waals surface area contributed by atoms with E-state index in [4.69, 9.17) is 23.2 Å². The van der Waals surface area contributed by atoms with E-state index in [1.54, 1.807) is 24.7 Å². The van der Waals surface area contributed by atoms with Crippen molar-refractivity contribution in [1.82, 2.24) is 19.9 Å². The highest BCUT2D eigenvalue weighted by Gasteiger charge is 2.06. The maximum Gasteiger partial charge on any atom is 0.227 e. The number of nitrogens with one attached hydrogen (secondary N) is 2. The number of H-pyrrole nitrogens is 1. The van der Waals surface area contributed by atoms with Gasteiger partial charge in [0.05, 0.1) is 33.1 Å². The number of halogens is 2. The van der Waals surface area contributed by atoms with Crippen LogP contribution in [0.3, 0.4) is 0 Å². The molecule has 0 amide bonds. The van der Waals surface area contributed by atoms with Crippen molar-refractivity contribution in [2.24, 2.45) is 0 Å². The summed E-state index contributed by atoms with van der Waals surface area (Å²) in [6, 6.07) is 13.1. The van der Waals surface area contributed by atoms with E-state index in [1.807, 2.05) is 30.3 Å². The van der Waals surface area contributed by atoms with Crippen molar-refractivity contribution < 1.29 is 0 Å². The molecule has 4 rings (SSSR count). The SMILES string of the molecule is Clc1ccc(Nc2nccc(-c3ccc4nc[nH]c4c3)n2)cc1Cl. The molecular weight excluding hydrogens is 345 g/mol. The summed E-state index contributed by atoms with van der Waals surface area (Å²) in [5.41, 5.74) is 4.44. The van der Waals surface area contributed by atoms with Gasteiger partial charge in [0.2, 0.25) is 5.95 Å². The first-order valence-electron chi connectivity index (χ1n) is 7.18. The number of aromatic amines is 1. The van der Waals surface area contributed by atoms with Gasteiger partial charge in [0, 0.05) is 17.4 Å². The monoisotopic (exact) mass is 355 g/mol. The van der Waals surface area contributed by atoms with Gasteiger partial charge in [-0.2, -0.15) is 0 Å². The van der Waals surface area contributed by atoms with Crippen LogP contribution in [0.25, 0.3) is 22.3 Å². The Morgan fingerprint density at radius 2 is 1.83 bits per heavy atom. The summed E-state index contributed by atoms with van der Waals surface area (Å²) in [5, 5.41) is 4.11. The van der Waals surface area contributed by atoms with E-state index in [-0.39, 0.29) is 0 Å².